The molecular formula is C22H16O3. The van der Waals surface area contributed by atoms with Crippen LogP contribution in [0.25, 0.3) is 22.1 Å². The smallest absolute Gasteiger partial charge is 0.196 e. The Labute approximate surface area is 145 Å². The summed E-state index contributed by atoms with van der Waals surface area (Å²) in [5.41, 5.74) is 3.31. The van der Waals surface area contributed by atoms with Crippen molar-refractivity contribution in [1.29, 1.82) is 0 Å². The third kappa shape index (κ3) is 2.60. The Kier molecular flexibility index (Phi) is 3.62. The molecule has 0 bridgehead atoms. The molecule has 122 valence electrons. The molecule has 0 unspecified atom stereocenters. The fourth-order valence-corrected chi connectivity index (χ4v) is 3.14. The van der Waals surface area contributed by atoms with Crippen molar-refractivity contribution < 1.29 is 14.3 Å². The van der Waals surface area contributed by atoms with Crippen LogP contribution < -0.4 is 0 Å². The third-order valence-corrected chi connectivity index (χ3v) is 4.33. The first kappa shape index (κ1) is 15.2. The van der Waals surface area contributed by atoms with E-state index < -0.39 is 0 Å². The number of aryl methyl sites for hydroxylation is 1. The molecule has 1 N–H and O–H groups in total. The first-order chi connectivity index (χ1) is 12.1. The average molecular weight is 328 g/mol. The average Bonchev–Trinajstić information content (AvgIpc) is 2.96. The quantitative estimate of drug-likeness (QED) is 0.516. The molecule has 0 radical (unpaired) electrons. The van der Waals surface area contributed by atoms with Crippen LogP contribution in [0.4, 0.5) is 0 Å². The summed E-state index contributed by atoms with van der Waals surface area (Å²) in [4.78, 5) is 12.7. The lowest BCUT2D eigenvalue weighted by Gasteiger charge is -2.05. The van der Waals surface area contributed by atoms with Crippen LogP contribution in [0.2, 0.25) is 0 Å². The highest BCUT2D eigenvalue weighted by Gasteiger charge is 2.19. The molecule has 1 heterocycles. The number of rotatable bonds is 3. The summed E-state index contributed by atoms with van der Waals surface area (Å²) in [6, 6.07) is 22.0. The third-order valence-electron chi connectivity index (χ3n) is 4.33. The molecule has 3 heteroatoms. The predicted molar refractivity (Wildman–Crippen MR) is 97.9 cm³/mol. The number of benzene rings is 3. The highest BCUT2D eigenvalue weighted by molar-refractivity contribution is 6.13. The second kappa shape index (κ2) is 5.95. The molecular weight excluding hydrogens is 312 g/mol. The zero-order valence-corrected chi connectivity index (χ0v) is 13.7. The lowest BCUT2D eigenvalue weighted by atomic mass is 9.98. The minimum atomic E-state index is -0.227. The highest BCUT2D eigenvalue weighted by Crippen LogP contribution is 2.38. The molecule has 25 heavy (non-hydrogen) atoms. The van der Waals surface area contributed by atoms with Crippen molar-refractivity contribution in [3.63, 3.8) is 0 Å². The van der Waals surface area contributed by atoms with E-state index in [-0.39, 0.29) is 17.1 Å². The first-order valence-corrected chi connectivity index (χ1v) is 8.06. The van der Waals surface area contributed by atoms with Gasteiger partial charge in [-0.15, -0.1) is 0 Å². The molecule has 0 aliphatic rings. The number of phenolic OH excluding ortho intramolecular Hbond substituents is 1. The largest absolute Gasteiger partial charge is 0.507 e. The number of fused-ring (bicyclic) bond motifs is 1. The van der Waals surface area contributed by atoms with Crippen molar-refractivity contribution >= 4 is 16.8 Å². The zero-order valence-electron chi connectivity index (χ0n) is 13.7. The number of carbonyl (C=O) groups is 1. The van der Waals surface area contributed by atoms with Crippen molar-refractivity contribution in [2.45, 2.75) is 6.92 Å². The van der Waals surface area contributed by atoms with Gasteiger partial charge in [-0.1, -0.05) is 60.7 Å². The van der Waals surface area contributed by atoms with Gasteiger partial charge in [-0.3, -0.25) is 4.79 Å². The van der Waals surface area contributed by atoms with Crippen LogP contribution >= 0.6 is 0 Å². The minimum Gasteiger partial charge on any atom is -0.507 e. The Bertz CT molecular complexity index is 1060. The van der Waals surface area contributed by atoms with Gasteiger partial charge >= 0.3 is 0 Å². The second-order valence-electron chi connectivity index (χ2n) is 5.96. The number of furan rings is 1. The molecule has 3 nitrogen and oxygen atoms in total. The van der Waals surface area contributed by atoms with Crippen LogP contribution in [0.1, 0.15) is 21.7 Å². The number of phenols is 1. The Balaban J connectivity index is 1.89. The van der Waals surface area contributed by atoms with Crippen molar-refractivity contribution in [2.75, 3.05) is 0 Å². The van der Waals surface area contributed by atoms with E-state index in [1.165, 1.54) is 0 Å². The fourth-order valence-electron chi connectivity index (χ4n) is 3.14. The molecule has 0 amide bonds. The van der Waals surface area contributed by atoms with Crippen molar-refractivity contribution in [3.8, 4) is 16.9 Å². The normalized spacial score (nSPS) is 10.9. The number of hydrogen-bond donors (Lipinski definition) is 1. The Morgan fingerprint density at radius 2 is 1.56 bits per heavy atom. The zero-order chi connectivity index (χ0) is 17.4. The van der Waals surface area contributed by atoms with Crippen LogP contribution in [0.3, 0.4) is 0 Å². The van der Waals surface area contributed by atoms with Gasteiger partial charge in [0.2, 0.25) is 0 Å². The van der Waals surface area contributed by atoms with Crippen LogP contribution in [0.5, 0.6) is 5.75 Å². The van der Waals surface area contributed by atoms with Crippen molar-refractivity contribution in [3.05, 3.63) is 89.7 Å². The molecule has 0 atom stereocenters. The Morgan fingerprint density at radius 1 is 0.920 bits per heavy atom. The van der Waals surface area contributed by atoms with Crippen molar-refractivity contribution in [1.82, 2.24) is 0 Å². The summed E-state index contributed by atoms with van der Waals surface area (Å²) in [5, 5.41) is 11.3. The number of hydrogen-bond acceptors (Lipinski definition) is 3. The summed E-state index contributed by atoms with van der Waals surface area (Å²) in [6.07, 6.45) is 0. The fraction of sp³-hybridized carbons (Fsp3) is 0.0455. The van der Waals surface area contributed by atoms with Gasteiger partial charge in [0.05, 0.1) is 5.56 Å². The minimum absolute atomic E-state index is 0.0423. The van der Waals surface area contributed by atoms with E-state index in [1.807, 2.05) is 43.3 Å². The van der Waals surface area contributed by atoms with E-state index in [0.717, 1.165) is 22.3 Å². The summed E-state index contributed by atoms with van der Waals surface area (Å²) in [7, 11) is 0. The maximum atomic E-state index is 12.7. The number of carbonyl (C=O) groups excluding carboxylic acids is 1. The van der Waals surface area contributed by atoms with E-state index in [1.54, 1.807) is 36.4 Å². The number of ketones is 1. The Hall–Kier alpha value is -3.33. The van der Waals surface area contributed by atoms with E-state index in [0.29, 0.717) is 11.1 Å². The highest BCUT2D eigenvalue weighted by atomic mass is 16.3. The molecule has 0 fully saturated rings. The molecule has 0 aliphatic heterocycles. The maximum Gasteiger partial charge on any atom is 0.196 e. The van der Waals surface area contributed by atoms with Gasteiger partial charge in [0.25, 0.3) is 0 Å². The monoisotopic (exact) mass is 328 g/mol. The van der Waals surface area contributed by atoms with Crippen molar-refractivity contribution in [2.24, 2.45) is 0 Å². The molecule has 3 aromatic carbocycles. The van der Waals surface area contributed by atoms with Gasteiger partial charge in [-0.05, 0) is 24.6 Å². The number of aromatic hydroxyl groups is 1. The SMILES string of the molecule is Cc1oc2cc(C(=O)c3ccccc3)c(O)cc2c1-c1ccccc1. The first-order valence-electron chi connectivity index (χ1n) is 8.06. The van der Waals surface area contributed by atoms with Gasteiger partial charge in [0.15, 0.2) is 5.78 Å². The van der Waals surface area contributed by atoms with Gasteiger partial charge < -0.3 is 9.52 Å². The lowest BCUT2D eigenvalue weighted by molar-refractivity contribution is 0.103. The molecule has 0 saturated carbocycles. The second-order valence-corrected chi connectivity index (χ2v) is 5.96. The van der Waals surface area contributed by atoms with Gasteiger partial charge in [-0.2, -0.15) is 0 Å². The summed E-state index contributed by atoms with van der Waals surface area (Å²) < 4.78 is 5.87. The van der Waals surface area contributed by atoms with Gasteiger partial charge in [-0.25, -0.2) is 0 Å². The topological polar surface area (TPSA) is 50.4 Å². The molecule has 4 rings (SSSR count). The molecule has 0 spiro atoms. The van der Waals surface area contributed by atoms with Crippen LogP contribution in [0, 0.1) is 6.92 Å². The van der Waals surface area contributed by atoms with E-state index in [9.17, 15) is 9.90 Å². The van der Waals surface area contributed by atoms with Gasteiger partial charge in [0.1, 0.15) is 17.1 Å². The van der Waals surface area contributed by atoms with E-state index in [2.05, 4.69) is 0 Å². The summed E-state index contributed by atoms with van der Waals surface area (Å²) in [6.45, 7) is 1.89. The molecule has 0 saturated heterocycles. The van der Waals surface area contributed by atoms with E-state index >= 15 is 0 Å². The predicted octanol–water partition coefficient (Wildman–Crippen LogP) is 5.34. The molecule has 1 aromatic heterocycles. The molecule has 0 aliphatic carbocycles. The summed E-state index contributed by atoms with van der Waals surface area (Å²) in [5.74, 6) is 0.486. The maximum absolute atomic E-state index is 12.7. The standard InChI is InChI=1S/C22H16O3/c1-14-21(15-8-4-2-5-9-15)18-12-19(23)17(13-20(18)25-14)22(24)16-10-6-3-7-11-16/h2-13,23H,1H3. The van der Waals surface area contributed by atoms with Crippen LogP contribution in [0.15, 0.2) is 77.2 Å². The van der Waals surface area contributed by atoms with Crippen LogP contribution in [-0.4, -0.2) is 10.9 Å². The van der Waals surface area contributed by atoms with Crippen LogP contribution in [-0.2, 0) is 0 Å². The molecule has 4 aromatic rings. The lowest BCUT2D eigenvalue weighted by Crippen LogP contribution is -2.01. The van der Waals surface area contributed by atoms with E-state index in [4.69, 9.17) is 4.42 Å². The summed E-state index contributed by atoms with van der Waals surface area (Å²) >= 11 is 0. The van der Waals surface area contributed by atoms with Gasteiger partial charge in [0, 0.05) is 16.5 Å². The Morgan fingerprint density at radius 3 is 2.24 bits per heavy atom.